The number of carboxylic acids is 1. The van der Waals surface area contributed by atoms with E-state index in [-0.39, 0.29) is 11.9 Å². The standard InChI is InChI=1S/C13H22N2O4/c1-9(16)15-5-3-10(4-6-15)14(2)12-8-19-7-11(12)13(17)18/h10-12H,3-8H2,1-2H3,(H,17,18). The molecule has 0 aromatic carbocycles. The molecular weight excluding hydrogens is 248 g/mol. The number of carbonyl (C=O) groups is 2. The molecule has 2 fully saturated rings. The van der Waals surface area contributed by atoms with Crippen LogP contribution in [-0.2, 0) is 14.3 Å². The van der Waals surface area contributed by atoms with Crippen molar-refractivity contribution in [3.8, 4) is 0 Å². The molecule has 0 saturated carbocycles. The first-order valence-electron chi connectivity index (χ1n) is 6.78. The van der Waals surface area contributed by atoms with Crippen LogP contribution in [0.15, 0.2) is 0 Å². The van der Waals surface area contributed by atoms with Gasteiger partial charge >= 0.3 is 5.97 Å². The molecule has 19 heavy (non-hydrogen) atoms. The van der Waals surface area contributed by atoms with Gasteiger partial charge in [-0.05, 0) is 19.9 Å². The van der Waals surface area contributed by atoms with E-state index in [0.717, 1.165) is 25.9 Å². The highest BCUT2D eigenvalue weighted by Gasteiger charge is 2.39. The zero-order valence-electron chi connectivity index (χ0n) is 11.5. The van der Waals surface area contributed by atoms with Gasteiger partial charge in [-0.25, -0.2) is 0 Å². The molecule has 0 aliphatic carbocycles. The summed E-state index contributed by atoms with van der Waals surface area (Å²) in [6.45, 7) is 3.90. The van der Waals surface area contributed by atoms with Crippen molar-refractivity contribution in [2.24, 2.45) is 5.92 Å². The fourth-order valence-corrected chi connectivity index (χ4v) is 3.04. The third-order valence-corrected chi connectivity index (χ3v) is 4.38. The number of likely N-dealkylation sites (tertiary alicyclic amines) is 1. The molecule has 2 rings (SSSR count). The fourth-order valence-electron chi connectivity index (χ4n) is 3.04. The Labute approximate surface area is 113 Å². The third-order valence-electron chi connectivity index (χ3n) is 4.38. The summed E-state index contributed by atoms with van der Waals surface area (Å²) in [5.41, 5.74) is 0. The second-order valence-corrected chi connectivity index (χ2v) is 5.45. The monoisotopic (exact) mass is 270 g/mol. The van der Waals surface area contributed by atoms with Gasteiger partial charge in [-0.1, -0.05) is 0 Å². The molecule has 6 nitrogen and oxygen atoms in total. The highest BCUT2D eigenvalue weighted by molar-refractivity contribution is 5.73. The average molecular weight is 270 g/mol. The van der Waals surface area contributed by atoms with Crippen molar-refractivity contribution in [2.75, 3.05) is 33.4 Å². The summed E-state index contributed by atoms with van der Waals surface area (Å²) in [7, 11) is 1.98. The maximum absolute atomic E-state index is 11.3. The predicted octanol–water partition coefficient (Wildman–Crippen LogP) is 0.0287. The van der Waals surface area contributed by atoms with Crippen LogP contribution in [0.4, 0.5) is 0 Å². The molecule has 0 aromatic heterocycles. The molecule has 108 valence electrons. The second kappa shape index (κ2) is 5.88. The number of amides is 1. The predicted molar refractivity (Wildman–Crippen MR) is 68.8 cm³/mol. The summed E-state index contributed by atoms with van der Waals surface area (Å²) in [5, 5.41) is 9.19. The summed E-state index contributed by atoms with van der Waals surface area (Å²) in [4.78, 5) is 26.5. The summed E-state index contributed by atoms with van der Waals surface area (Å²) < 4.78 is 5.32. The number of nitrogens with zero attached hydrogens (tertiary/aromatic N) is 2. The van der Waals surface area contributed by atoms with E-state index in [9.17, 15) is 14.7 Å². The minimum atomic E-state index is -0.782. The van der Waals surface area contributed by atoms with E-state index in [1.807, 2.05) is 11.9 Å². The first kappa shape index (κ1) is 14.3. The molecule has 2 saturated heterocycles. The van der Waals surface area contributed by atoms with E-state index in [0.29, 0.717) is 19.3 Å². The number of likely N-dealkylation sites (N-methyl/N-ethyl adjacent to an activating group) is 1. The van der Waals surface area contributed by atoms with Crippen LogP contribution in [0.5, 0.6) is 0 Å². The minimum absolute atomic E-state index is 0.0496. The number of hydrogen-bond acceptors (Lipinski definition) is 4. The Balaban J connectivity index is 1.92. The number of piperidine rings is 1. The molecule has 0 aromatic rings. The lowest BCUT2D eigenvalue weighted by Gasteiger charge is -2.39. The van der Waals surface area contributed by atoms with E-state index in [2.05, 4.69) is 4.90 Å². The number of ether oxygens (including phenoxy) is 1. The summed E-state index contributed by atoms with van der Waals surface area (Å²) in [5.74, 6) is -1.10. The van der Waals surface area contributed by atoms with Gasteiger partial charge in [0.1, 0.15) is 0 Å². The van der Waals surface area contributed by atoms with Gasteiger partial charge in [0.05, 0.1) is 19.1 Å². The Morgan fingerprint density at radius 1 is 1.26 bits per heavy atom. The van der Waals surface area contributed by atoms with Gasteiger partial charge in [0.15, 0.2) is 0 Å². The lowest BCUT2D eigenvalue weighted by Crippen LogP contribution is -2.51. The molecule has 1 amide bonds. The van der Waals surface area contributed by atoms with E-state index in [1.54, 1.807) is 6.92 Å². The van der Waals surface area contributed by atoms with Gasteiger partial charge in [-0.15, -0.1) is 0 Å². The van der Waals surface area contributed by atoms with Gasteiger partial charge in [-0.3, -0.25) is 14.5 Å². The van der Waals surface area contributed by atoms with Crippen molar-refractivity contribution in [3.05, 3.63) is 0 Å². The molecule has 0 spiro atoms. The molecule has 2 aliphatic rings. The molecule has 2 unspecified atom stereocenters. The third kappa shape index (κ3) is 3.06. The minimum Gasteiger partial charge on any atom is -0.481 e. The van der Waals surface area contributed by atoms with Gasteiger partial charge in [0, 0.05) is 32.1 Å². The van der Waals surface area contributed by atoms with Crippen LogP contribution in [0.2, 0.25) is 0 Å². The normalized spacial score (nSPS) is 28.9. The van der Waals surface area contributed by atoms with E-state index in [1.165, 1.54) is 0 Å². The lowest BCUT2D eigenvalue weighted by atomic mass is 9.97. The summed E-state index contributed by atoms with van der Waals surface area (Å²) >= 11 is 0. The van der Waals surface area contributed by atoms with E-state index in [4.69, 9.17) is 4.74 Å². The number of aliphatic carboxylic acids is 1. The van der Waals surface area contributed by atoms with Crippen molar-refractivity contribution in [3.63, 3.8) is 0 Å². The van der Waals surface area contributed by atoms with Crippen LogP contribution in [0.25, 0.3) is 0 Å². The van der Waals surface area contributed by atoms with Gasteiger partial charge in [0.25, 0.3) is 0 Å². The molecule has 2 atom stereocenters. The highest BCUT2D eigenvalue weighted by atomic mass is 16.5. The van der Waals surface area contributed by atoms with Crippen LogP contribution in [0.1, 0.15) is 19.8 Å². The van der Waals surface area contributed by atoms with Crippen molar-refractivity contribution in [1.29, 1.82) is 0 Å². The summed E-state index contributed by atoms with van der Waals surface area (Å²) in [6.07, 6.45) is 1.80. The maximum Gasteiger partial charge on any atom is 0.310 e. The van der Waals surface area contributed by atoms with Crippen LogP contribution >= 0.6 is 0 Å². The molecule has 6 heteroatoms. The maximum atomic E-state index is 11.3. The quantitative estimate of drug-likeness (QED) is 0.783. The van der Waals surface area contributed by atoms with Crippen molar-refractivity contribution < 1.29 is 19.4 Å². The molecule has 0 radical (unpaired) electrons. The fraction of sp³-hybridized carbons (Fsp3) is 0.846. The average Bonchev–Trinajstić information content (AvgIpc) is 2.87. The van der Waals surface area contributed by atoms with Crippen molar-refractivity contribution >= 4 is 11.9 Å². The van der Waals surface area contributed by atoms with Gasteiger partial charge in [-0.2, -0.15) is 0 Å². The zero-order valence-corrected chi connectivity index (χ0v) is 11.5. The first-order chi connectivity index (χ1) is 9.00. The molecule has 0 bridgehead atoms. The Hall–Kier alpha value is -1.14. The topological polar surface area (TPSA) is 70.1 Å². The molecule has 2 aliphatic heterocycles. The highest BCUT2D eigenvalue weighted by Crippen LogP contribution is 2.25. The largest absolute Gasteiger partial charge is 0.481 e. The van der Waals surface area contributed by atoms with E-state index < -0.39 is 11.9 Å². The van der Waals surface area contributed by atoms with Gasteiger partial charge in [0.2, 0.25) is 5.91 Å². The second-order valence-electron chi connectivity index (χ2n) is 5.45. The van der Waals surface area contributed by atoms with Crippen LogP contribution in [-0.4, -0.2) is 72.2 Å². The lowest BCUT2D eigenvalue weighted by molar-refractivity contribution is -0.143. The molecule has 2 heterocycles. The molecule has 1 N–H and O–H groups in total. The Kier molecular flexibility index (Phi) is 4.42. The Bertz CT molecular complexity index is 353. The van der Waals surface area contributed by atoms with Crippen LogP contribution in [0, 0.1) is 5.92 Å². The number of carboxylic acid groups (broad SMARTS) is 1. The summed E-state index contributed by atoms with van der Waals surface area (Å²) in [6, 6.07) is 0.288. The van der Waals surface area contributed by atoms with Crippen molar-refractivity contribution in [1.82, 2.24) is 9.80 Å². The molecular formula is C13H22N2O4. The smallest absolute Gasteiger partial charge is 0.310 e. The zero-order chi connectivity index (χ0) is 14.0. The van der Waals surface area contributed by atoms with Crippen LogP contribution < -0.4 is 0 Å². The van der Waals surface area contributed by atoms with E-state index >= 15 is 0 Å². The SMILES string of the molecule is CC(=O)N1CCC(N(C)C2COCC2C(=O)O)CC1. The van der Waals surface area contributed by atoms with Gasteiger partial charge < -0.3 is 14.7 Å². The van der Waals surface area contributed by atoms with Crippen molar-refractivity contribution in [2.45, 2.75) is 31.8 Å². The first-order valence-corrected chi connectivity index (χ1v) is 6.78. The number of hydrogen-bond donors (Lipinski definition) is 1. The Morgan fingerprint density at radius 3 is 2.42 bits per heavy atom. The number of rotatable bonds is 3. The Morgan fingerprint density at radius 2 is 1.89 bits per heavy atom. The van der Waals surface area contributed by atoms with Crippen LogP contribution in [0.3, 0.4) is 0 Å². The number of carbonyl (C=O) groups excluding carboxylic acids is 1.